The molecule has 2 nitrogen and oxygen atoms in total. The van der Waals surface area contributed by atoms with Gasteiger partial charge in [0.1, 0.15) is 0 Å². The highest BCUT2D eigenvalue weighted by molar-refractivity contribution is 5.34. The first kappa shape index (κ1) is 10.3. The van der Waals surface area contributed by atoms with Crippen molar-refractivity contribution >= 4 is 0 Å². The largest absolute Gasteiger partial charge is 0.314 e. The highest BCUT2D eigenvalue weighted by Crippen LogP contribution is 2.19. The first-order chi connectivity index (χ1) is 7.92. The molecule has 86 valence electrons. The molecule has 1 heterocycles. The summed E-state index contributed by atoms with van der Waals surface area (Å²) >= 11 is 0. The Labute approximate surface area is 97.4 Å². The van der Waals surface area contributed by atoms with Crippen molar-refractivity contribution in [3.8, 4) is 0 Å². The molecule has 1 aliphatic heterocycles. The van der Waals surface area contributed by atoms with E-state index in [1.165, 1.54) is 42.4 Å². The molecule has 1 saturated carbocycles. The Morgan fingerprint density at radius 1 is 1.19 bits per heavy atom. The number of hydrogen-bond donors (Lipinski definition) is 2. The molecule has 0 amide bonds. The molecule has 1 aliphatic carbocycles. The molecule has 2 heteroatoms. The van der Waals surface area contributed by atoms with E-state index in [4.69, 9.17) is 0 Å². The van der Waals surface area contributed by atoms with E-state index in [0.717, 1.165) is 25.7 Å². The van der Waals surface area contributed by atoms with Gasteiger partial charge in [0.2, 0.25) is 0 Å². The molecule has 0 unspecified atom stereocenters. The Morgan fingerprint density at radius 3 is 2.88 bits per heavy atom. The summed E-state index contributed by atoms with van der Waals surface area (Å²) in [6.07, 6.45) is 5.36. The Hall–Kier alpha value is -0.860. The third kappa shape index (κ3) is 2.13. The van der Waals surface area contributed by atoms with Gasteiger partial charge in [0.25, 0.3) is 0 Å². The van der Waals surface area contributed by atoms with E-state index in [1.54, 1.807) is 0 Å². The first-order valence-corrected chi connectivity index (χ1v) is 6.46. The van der Waals surface area contributed by atoms with Crippen LogP contribution in [0.1, 0.15) is 36.0 Å². The van der Waals surface area contributed by atoms with Gasteiger partial charge in [-0.2, -0.15) is 0 Å². The minimum absolute atomic E-state index is 0.816. The minimum Gasteiger partial charge on any atom is -0.314 e. The normalized spacial score (nSPS) is 19.5. The molecular weight excluding hydrogens is 196 g/mol. The summed E-state index contributed by atoms with van der Waals surface area (Å²) in [5.41, 5.74) is 4.46. The van der Waals surface area contributed by atoms with Crippen LogP contribution >= 0.6 is 0 Å². The molecule has 3 rings (SSSR count). The third-order valence-corrected chi connectivity index (χ3v) is 3.85. The zero-order valence-electron chi connectivity index (χ0n) is 9.76. The van der Waals surface area contributed by atoms with Gasteiger partial charge >= 0.3 is 0 Å². The fourth-order valence-electron chi connectivity index (χ4n) is 2.54. The van der Waals surface area contributed by atoms with Crippen LogP contribution in [-0.2, 0) is 19.5 Å². The van der Waals surface area contributed by atoms with Gasteiger partial charge < -0.3 is 10.6 Å². The third-order valence-electron chi connectivity index (χ3n) is 3.85. The van der Waals surface area contributed by atoms with Gasteiger partial charge in [-0.25, -0.2) is 0 Å². The van der Waals surface area contributed by atoms with Crippen LogP contribution in [0.25, 0.3) is 0 Å². The van der Waals surface area contributed by atoms with Crippen molar-refractivity contribution in [2.24, 2.45) is 0 Å². The molecule has 1 fully saturated rings. The van der Waals surface area contributed by atoms with Crippen molar-refractivity contribution in [3.63, 3.8) is 0 Å². The van der Waals surface area contributed by atoms with E-state index in [-0.39, 0.29) is 0 Å². The number of hydrogen-bond acceptors (Lipinski definition) is 2. The van der Waals surface area contributed by atoms with Gasteiger partial charge in [-0.1, -0.05) is 24.6 Å². The molecular formula is C14H20N2. The van der Waals surface area contributed by atoms with Crippen LogP contribution in [0.3, 0.4) is 0 Å². The summed E-state index contributed by atoms with van der Waals surface area (Å²) < 4.78 is 0. The van der Waals surface area contributed by atoms with E-state index in [2.05, 4.69) is 28.8 Å². The van der Waals surface area contributed by atoms with Gasteiger partial charge in [-0.05, 0) is 42.5 Å². The summed E-state index contributed by atoms with van der Waals surface area (Å²) in [4.78, 5) is 0. The van der Waals surface area contributed by atoms with Crippen molar-refractivity contribution in [2.45, 2.75) is 44.8 Å². The summed E-state index contributed by atoms with van der Waals surface area (Å²) in [6.45, 7) is 3.24. The molecule has 2 aliphatic rings. The summed E-state index contributed by atoms with van der Waals surface area (Å²) in [5.74, 6) is 0. The fraction of sp³-hybridized carbons (Fsp3) is 0.571. The van der Waals surface area contributed by atoms with Crippen molar-refractivity contribution < 1.29 is 0 Å². The maximum atomic E-state index is 3.62. The average Bonchev–Trinajstić information content (AvgIpc) is 2.68. The molecule has 0 aromatic heterocycles. The van der Waals surface area contributed by atoms with Crippen LogP contribution in [0, 0.1) is 0 Å². The van der Waals surface area contributed by atoms with Gasteiger partial charge in [-0.15, -0.1) is 0 Å². The Morgan fingerprint density at radius 2 is 2.06 bits per heavy atom. The Balaban J connectivity index is 1.53. The van der Waals surface area contributed by atoms with Crippen LogP contribution in [0.4, 0.5) is 0 Å². The predicted octanol–water partition coefficient (Wildman–Crippen LogP) is 1.97. The monoisotopic (exact) mass is 216 g/mol. The lowest BCUT2D eigenvalue weighted by Crippen LogP contribution is -2.36. The maximum Gasteiger partial charge on any atom is 0.0212 e. The highest BCUT2D eigenvalue weighted by atomic mass is 14.9. The van der Waals surface area contributed by atoms with Crippen molar-refractivity contribution in [3.05, 3.63) is 34.9 Å². The average molecular weight is 216 g/mol. The molecule has 0 bridgehead atoms. The second-order valence-corrected chi connectivity index (χ2v) is 5.04. The molecule has 0 spiro atoms. The lowest BCUT2D eigenvalue weighted by molar-refractivity contribution is 0.342. The van der Waals surface area contributed by atoms with Gasteiger partial charge in [-0.3, -0.25) is 0 Å². The molecule has 1 aromatic rings. The number of rotatable bonds is 4. The van der Waals surface area contributed by atoms with Crippen LogP contribution in [0.2, 0.25) is 0 Å². The smallest absolute Gasteiger partial charge is 0.0212 e. The second kappa shape index (κ2) is 4.56. The summed E-state index contributed by atoms with van der Waals surface area (Å²) in [7, 11) is 0. The van der Waals surface area contributed by atoms with E-state index in [9.17, 15) is 0 Å². The molecule has 0 atom stereocenters. The second-order valence-electron chi connectivity index (χ2n) is 5.04. The summed E-state index contributed by atoms with van der Waals surface area (Å²) in [6, 6.07) is 7.76. The van der Waals surface area contributed by atoms with Crippen LogP contribution < -0.4 is 10.6 Å². The fourth-order valence-corrected chi connectivity index (χ4v) is 2.54. The number of nitrogens with one attached hydrogen (secondary N) is 2. The topological polar surface area (TPSA) is 24.1 Å². The minimum atomic E-state index is 0.816. The van der Waals surface area contributed by atoms with Crippen LogP contribution in [0.15, 0.2) is 18.2 Å². The highest BCUT2D eigenvalue weighted by Gasteiger charge is 2.16. The first-order valence-electron chi connectivity index (χ1n) is 6.46. The molecule has 16 heavy (non-hydrogen) atoms. The van der Waals surface area contributed by atoms with Gasteiger partial charge in [0.15, 0.2) is 0 Å². The molecule has 0 radical (unpaired) electrons. The Bertz CT molecular complexity index is 369. The zero-order chi connectivity index (χ0) is 10.8. The van der Waals surface area contributed by atoms with Crippen molar-refractivity contribution in [1.82, 2.24) is 10.6 Å². The quantitative estimate of drug-likeness (QED) is 0.804. The number of benzene rings is 1. The van der Waals surface area contributed by atoms with E-state index >= 15 is 0 Å². The van der Waals surface area contributed by atoms with Gasteiger partial charge in [0.05, 0.1) is 0 Å². The van der Waals surface area contributed by atoms with E-state index in [1.807, 2.05) is 0 Å². The molecule has 2 N–H and O–H groups in total. The standard InChI is InChI=1S/C14H20N2/c1-2-14(3-1)16-7-6-11-4-5-12-9-15-10-13(12)8-11/h4-5,8,14-16H,1-3,6-7,9-10H2. The molecule has 1 aromatic carbocycles. The number of fused-ring (bicyclic) bond motifs is 1. The molecule has 0 saturated heterocycles. The zero-order valence-corrected chi connectivity index (χ0v) is 9.76. The predicted molar refractivity (Wildman–Crippen MR) is 66.3 cm³/mol. The van der Waals surface area contributed by atoms with E-state index in [0.29, 0.717) is 0 Å². The van der Waals surface area contributed by atoms with Gasteiger partial charge in [0, 0.05) is 19.1 Å². The van der Waals surface area contributed by atoms with Crippen LogP contribution in [0.5, 0.6) is 0 Å². The SMILES string of the molecule is c1cc2c(cc1CCNC1CCC1)CNC2. The maximum absolute atomic E-state index is 3.62. The van der Waals surface area contributed by atoms with Crippen molar-refractivity contribution in [2.75, 3.05) is 6.54 Å². The Kier molecular flexibility index (Phi) is 2.94. The lowest BCUT2D eigenvalue weighted by Gasteiger charge is -2.26. The lowest BCUT2D eigenvalue weighted by atomic mass is 9.93. The van der Waals surface area contributed by atoms with Crippen LogP contribution in [-0.4, -0.2) is 12.6 Å². The van der Waals surface area contributed by atoms with Crippen molar-refractivity contribution in [1.29, 1.82) is 0 Å². The summed E-state index contributed by atoms with van der Waals surface area (Å²) in [5, 5.41) is 7.01. The van der Waals surface area contributed by atoms with E-state index < -0.39 is 0 Å².